The van der Waals surface area contributed by atoms with Gasteiger partial charge in [0.25, 0.3) is 0 Å². The Labute approximate surface area is 123 Å². The zero-order chi connectivity index (χ0) is 9.23. The third-order valence-corrected chi connectivity index (χ3v) is 1.61. The van der Waals surface area contributed by atoms with Gasteiger partial charge in [-0.2, -0.15) is 0 Å². The van der Waals surface area contributed by atoms with Crippen molar-refractivity contribution >= 4 is 6.29 Å². The third kappa shape index (κ3) is 10.5. The first-order chi connectivity index (χ1) is 5.85. The van der Waals surface area contributed by atoms with Crippen LogP contribution < -0.4 is 56.5 Å². The summed E-state index contributed by atoms with van der Waals surface area (Å²) in [6.45, 7) is 2.11. The molecule has 2 nitrogen and oxygen atoms in total. The molecule has 3 heteroatoms. The van der Waals surface area contributed by atoms with E-state index in [1.54, 1.807) is 6.08 Å². The molecule has 0 saturated carbocycles. The van der Waals surface area contributed by atoms with Gasteiger partial charge in [0.1, 0.15) is 6.29 Å². The molecule has 0 aliphatic rings. The van der Waals surface area contributed by atoms with Gasteiger partial charge in [-0.25, -0.2) is 0 Å². The van der Waals surface area contributed by atoms with Crippen molar-refractivity contribution < 1.29 is 61.3 Å². The second-order valence-electron chi connectivity index (χ2n) is 2.65. The van der Waals surface area contributed by atoms with Crippen LogP contribution in [0.5, 0.6) is 0 Å². The molecule has 0 fully saturated rings. The van der Waals surface area contributed by atoms with E-state index in [4.69, 9.17) is 0 Å². The Morgan fingerprint density at radius 3 is 2.54 bits per heavy atom. The molecule has 68 valence electrons. The molecule has 0 aliphatic carbocycles. The minimum atomic E-state index is 0. The van der Waals surface area contributed by atoms with Crippen molar-refractivity contribution in [3.05, 3.63) is 24.0 Å². The number of rotatable bonds is 6. The average Bonchev–Trinajstić information content (AvgIpc) is 2.11. The van der Waals surface area contributed by atoms with Crippen LogP contribution in [0.2, 0.25) is 0 Å². The average molecular weight is 206 g/mol. The summed E-state index contributed by atoms with van der Waals surface area (Å²) < 4.78 is 0. The molecule has 0 aromatic heterocycles. The quantitative estimate of drug-likeness (QED) is 0.133. The number of allylic oxidation sites excluding steroid dienone is 3. The molecule has 0 radical (unpaired) electrons. The fourth-order valence-corrected chi connectivity index (χ4v) is 0.924. The van der Waals surface area contributed by atoms with Crippen molar-refractivity contribution in [1.82, 2.24) is 0 Å². The molecule has 0 aromatic carbocycles. The van der Waals surface area contributed by atoms with Crippen molar-refractivity contribution in [3.63, 3.8) is 0 Å². The Hall–Kier alpha value is 0.586. The van der Waals surface area contributed by atoms with Gasteiger partial charge >= 0.3 is 51.4 Å². The summed E-state index contributed by atoms with van der Waals surface area (Å²) in [4.78, 5) is 10.4. The number of aldehydes is 1. The fraction of sp³-hybridized carbons (Fsp3) is 0.500. The topological polar surface area (TPSA) is 40.1 Å². The fourth-order valence-electron chi connectivity index (χ4n) is 0.924. The summed E-state index contributed by atoms with van der Waals surface area (Å²) in [5.41, 5.74) is 0.704. The minimum Gasteiger partial charge on any atom is -0.878 e. The van der Waals surface area contributed by atoms with Gasteiger partial charge in [0.15, 0.2) is 0 Å². The molecule has 0 unspecified atom stereocenters. The predicted octanol–water partition coefficient (Wildman–Crippen LogP) is -1.43. The summed E-state index contributed by atoms with van der Waals surface area (Å²) in [6, 6.07) is 0. The van der Waals surface area contributed by atoms with Crippen LogP contribution >= 0.6 is 0 Å². The van der Waals surface area contributed by atoms with Crippen molar-refractivity contribution in [2.24, 2.45) is 0 Å². The maximum Gasteiger partial charge on any atom is 1.00 e. The van der Waals surface area contributed by atoms with Crippen molar-refractivity contribution in [1.29, 1.82) is 0 Å². The third-order valence-electron chi connectivity index (χ3n) is 1.61. The maximum atomic E-state index is 10.4. The van der Waals surface area contributed by atoms with Gasteiger partial charge in [0.2, 0.25) is 0 Å². The van der Waals surface area contributed by atoms with Gasteiger partial charge in [-0.3, -0.25) is 4.79 Å². The standard InChI is InChI=1S/C10H16O2.K/c1-2-3-4-6-10(9-12)7-5-8-11;/h5,7-9,11H,2-4,6H2,1H3;/q;+1/p-1/b8-5+,10-7+;. The van der Waals surface area contributed by atoms with Crippen LogP contribution in [-0.2, 0) is 4.79 Å². The van der Waals surface area contributed by atoms with Gasteiger partial charge in [-0.15, -0.1) is 6.26 Å². The summed E-state index contributed by atoms with van der Waals surface area (Å²) in [5, 5.41) is 9.94. The van der Waals surface area contributed by atoms with E-state index in [0.717, 1.165) is 32.0 Å². The largest absolute Gasteiger partial charge is 1.00 e. The summed E-state index contributed by atoms with van der Waals surface area (Å²) in [6.07, 6.45) is 8.51. The van der Waals surface area contributed by atoms with Gasteiger partial charge < -0.3 is 5.11 Å². The minimum absolute atomic E-state index is 0. The second kappa shape index (κ2) is 12.6. The Bertz CT molecular complexity index is 174. The number of carbonyl (C=O) groups is 1. The monoisotopic (exact) mass is 206 g/mol. The molecule has 0 atom stereocenters. The van der Waals surface area contributed by atoms with E-state index in [1.807, 2.05) is 0 Å². The van der Waals surface area contributed by atoms with Crippen LogP contribution in [0, 0.1) is 0 Å². The van der Waals surface area contributed by atoms with E-state index in [0.29, 0.717) is 11.8 Å². The molecule has 0 heterocycles. The molecule has 0 rings (SSSR count). The van der Waals surface area contributed by atoms with Crippen LogP contribution in [0.25, 0.3) is 0 Å². The molecule has 0 aliphatic heterocycles. The number of carbonyl (C=O) groups excluding carboxylic acids is 1. The van der Waals surface area contributed by atoms with E-state index in [9.17, 15) is 9.90 Å². The van der Waals surface area contributed by atoms with Crippen LogP contribution in [-0.4, -0.2) is 6.29 Å². The van der Waals surface area contributed by atoms with E-state index in [-0.39, 0.29) is 51.4 Å². The summed E-state index contributed by atoms with van der Waals surface area (Å²) >= 11 is 0. The van der Waals surface area contributed by atoms with Crippen molar-refractivity contribution in [2.45, 2.75) is 32.6 Å². The molecule has 13 heavy (non-hydrogen) atoms. The first-order valence-corrected chi connectivity index (χ1v) is 4.28. The van der Waals surface area contributed by atoms with Gasteiger partial charge in [-0.1, -0.05) is 31.9 Å². The van der Waals surface area contributed by atoms with Crippen molar-refractivity contribution in [3.8, 4) is 0 Å². The summed E-state index contributed by atoms with van der Waals surface area (Å²) in [7, 11) is 0. The van der Waals surface area contributed by atoms with E-state index >= 15 is 0 Å². The zero-order valence-corrected chi connectivity index (χ0v) is 11.6. The van der Waals surface area contributed by atoms with Crippen LogP contribution in [0.3, 0.4) is 0 Å². The second-order valence-corrected chi connectivity index (χ2v) is 2.65. The number of hydrogen-bond donors (Lipinski definition) is 0. The van der Waals surface area contributed by atoms with E-state index in [1.165, 1.54) is 6.08 Å². The first kappa shape index (κ1) is 16.0. The Balaban J connectivity index is 0. The number of hydrogen-bond acceptors (Lipinski definition) is 2. The molecule has 0 N–H and O–H groups in total. The molecule has 0 amide bonds. The van der Waals surface area contributed by atoms with Gasteiger partial charge in [-0.05, 0) is 18.4 Å². The van der Waals surface area contributed by atoms with Gasteiger partial charge in [0.05, 0.1) is 0 Å². The Kier molecular flexibility index (Phi) is 15.5. The van der Waals surface area contributed by atoms with Crippen LogP contribution in [0.15, 0.2) is 24.0 Å². The van der Waals surface area contributed by atoms with Crippen LogP contribution in [0.4, 0.5) is 0 Å². The molecular formula is C10H15KO2. The van der Waals surface area contributed by atoms with Crippen molar-refractivity contribution in [2.75, 3.05) is 0 Å². The molecule has 0 aromatic rings. The molecule has 0 saturated heterocycles. The Morgan fingerprint density at radius 1 is 1.38 bits per heavy atom. The van der Waals surface area contributed by atoms with Gasteiger partial charge in [0, 0.05) is 0 Å². The number of unbranched alkanes of at least 4 members (excludes halogenated alkanes) is 2. The molecule has 0 bridgehead atoms. The first-order valence-electron chi connectivity index (χ1n) is 4.28. The summed E-state index contributed by atoms with van der Waals surface area (Å²) in [5.74, 6) is 0. The zero-order valence-electron chi connectivity index (χ0n) is 8.45. The van der Waals surface area contributed by atoms with Crippen LogP contribution in [0.1, 0.15) is 32.6 Å². The van der Waals surface area contributed by atoms with E-state index in [2.05, 4.69) is 6.92 Å². The smallest absolute Gasteiger partial charge is 0.878 e. The van der Waals surface area contributed by atoms with E-state index < -0.39 is 0 Å². The molecular weight excluding hydrogens is 191 g/mol. The maximum absolute atomic E-state index is 10.4. The normalized spacial score (nSPS) is 11.3. The Morgan fingerprint density at radius 2 is 2.08 bits per heavy atom. The molecule has 0 spiro atoms. The SMILES string of the molecule is CCCCC/C(C=O)=C\C=C\[O-].[K+]. The predicted molar refractivity (Wildman–Crippen MR) is 47.4 cm³/mol.